The predicted molar refractivity (Wildman–Crippen MR) is 167 cm³/mol. The molecular formula is C34H43N3O4S. The molecule has 1 spiro atoms. The molecule has 7 nitrogen and oxygen atoms in total. The lowest BCUT2D eigenvalue weighted by atomic mass is 9.76. The van der Waals surface area contributed by atoms with Crippen molar-refractivity contribution in [3.8, 4) is 11.3 Å². The number of benzene rings is 2. The van der Waals surface area contributed by atoms with Gasteiger partial charge in [-0.3, -0.25) is 4.72 Å². The van der Waals surface area contributed by atoms with Gasteiger partial charge < -0.3 is 10.1 Å². The average molecular weight is 590 g/mol. The number of esters is 1. The van der Waals surface area contributed by atoms with E-state index in [-0.39, 0.29) is 16.3 Å². The number of methoxy groups -OCH3 is 1. The monoisotopic (exact) mass is 589 g/mol. The second-order valence-corrected chi connectivity index (χ2v) is 14.5. The number of rotatable bonds is 12. The zero-order valence-electron chi connectivity index (χ0n) is 25.4. The summed E-state index contributed by atoms with van der Waals surface area (Å²) in [6.07, 6.45) is 8.26. The van der Waals surface area contributed by atoms with E-state index in [0.717, 1.165) is 47.2 Å². The highest BCUT2D eigenvalue weighted by Gasteiger charge is 2.52. The smallest absolute Gasteiger partial charge is 0.337 e. The summed E-state index contributed by atoms with van der Waals surface area (Å²) < 4.78 is 34.4. The van der Waals surface area contributed by atoms with Crippen LogP contribution in [0.5, 0.6) is 0 Å². The number of pyridine rings is 1. The lowest BCUT2D eigenvalue weighted by molar-refractivity contribution is 0.0600. The van der Waals surface area contributed by atoms with Crippen molar-refractivity contribution < 1.29 is 17.9 Å². The number of carbonyl (C=O) groups is 1. The Morgan fingerprint density at radius 1 is 1.05 bits per heavy atom. The van der Waals surface area contributed by atoms with E-state index < -0.39 is 16.0 Å². The van der Waals surface area contributed by atoms with Gasteiger partial charge in [-0.1, -0.05) is 38.1 Å². The van der Waals surface area contributed by atoms with Crippen molar-refractivity contribution in [2.24, 2.45) is 11.3 Å². The van der Waals surface area contributed by atoms with Crippen LogP contribution in [0.4, 0.5) is 5.82 Å². The molecule has 0 aliphatic heterocycles. The fourth-order valence-electron chi connectivity index (χ4n) is 6.44. The van der Waals surface area contributed by atoms with Crippen LogP contribution >= 0.6 is 0 Å². The second-order valence-electron chi connectivity index (χ2n) is 12.8. The first-order valence-electron chi connectivity index (χ1n) is 15.0. The lowest BCUT2D eigenvalue weighted by Crippen LogP contribution is -2.47. The SMILES string of the molecule is COC(=O)c1cccc(S(=O)(=O)Nc2cc(CC[C@@H](CC(C)C)NC3CC4(CC4)C3)cc(-c3c(C)cccc3C)n2)c1. The largest absolute Gasteiger partial charge is 0.465 e. The highest BCUT2D eigenvalue weighted by molar-refractivity contribution is 7.92. The number of aromatic nitrogens is 1. The molecule has 2 N–H and O–H groups in total. The molecule has 1 aromatic heterocycles. The molecule has 8 heteroatoms. The average Bonchev–Trinajstić information content (AvgIpc) is 3.71. The summed E-state index contributed by atoms with van der Waals surface area (Å²) in [6.45, 7) is 8.64. The quantitative estimate of drug-likeness (QED) is 0.225. The minimum Gasteiger partial charge on any atom is -0.465 e. The van der Waals surface area contributed by atoms with Crippen LogP contribution in [0.2, 0.25) is 0 Å². The molecule has 0 radical (unpaired) electrons. The molecular weight excluding hydrogens is 546 g/mol. The van der Waals surface area contributed by atoms with E-state index in [2.05, 4.69) is 30.0 Å². The van der Waals surface area contributed by atoms with Gasteiger partial charge >= 0.3 is 5.97 Å². The van der Waals surface area contributed by atoms with E-state index in [9.17, 15) is 13.2 Å². The second kappa shape index (κ2) is 12.2. The van der Waals surface area contributed by atoms with E-state index in [4.69, 9.17) is 9.72 Å². The maximum atomic E-state index is 13.5. The predicted octanol–water partition coefficient (Wildman–Crippen LogP) is 6.83. The van der Waals surface area contributed by atoms with E-state index in [1.54, 1.807) is 0 Å². The Hall–Kier alpha value is -3.23. The van der Waals surface area contributed by atoms with Gasteiger partial charge in [0.25, 0.3) is 10.0 Å². The number of anilines is 1. The van der Waals surface area contributed by atoms with Gasteiger partial charge in [0.15, 0.2) is 0 Å². The maximum Gasteiger partial charge on any atom is 0.337 e. The number of hydrogen-bond acceptors (Lipinski definition) is 6. The van der Waals surface area contributed by atoms with Crippen LogP contribution in [-0.2, 0) is 21.2 Å². The zero-order valence-corrected chi connectivity index (χ0v) is 26.2. The van der Waals surface area contributed by atoms with Gasteiger partial charge in [-0.2, -0.15) is 0 Å². The molecule has 0 unspecified atom stereocenters. The van der Waals surface area contributed by atoms with Crippen molar-refractivity contribution in [1.82, 2.24) is 10.3 Å². The first-order chi connectivity index (χ1) is 20.0. The number of nitrogens with zero attached hydrogens (tertiary/aromatic N) is 1. The molecule has 2 fully saturated rings. The molecule has 5 rings (SSSR count). The molecule has 2 aromatic carbocycles. The number of sulfonamides is 1. The molecule has 1 heterocycles. The van der Waals surface area contributed by atoms with Crippen molar-refractivity contribution in [2.75, 3.05) is 11.8 Å². The van der Waals surface area contributed by atoms with E-state index in [1.807, 2.05) is 38.1 Å². The van der Waals surface area contributed by atoms with Crippen LogP contribution in [0.25, 0.3) is 11.3 Å². The summed E-state index contributed by atoms with van der Waals surface area (Å²) in [7, 11) is -2.74. The minimum atomic E-state index is -4.01. The maximum absolute atomic E-state index is 13.5. The van der Waals surface area contributed by atoms with Crippen LogP contribution in [0, 0.1) is 25.2 Å². The standard InChI is InChI=1S/C34H43N3O4S/c1-22(2)16-27(35-28-20-34(21-28)14-15-34)13-12-25-17-30(32-23(3)8-6-9-24(32)4)36-31(18-25)37-42(39,40)29-11-7-10-26(19-29)33(38)41-5/h6-11,17-19,22,27-28,35H,12-16,20-21H2,1-5H3,(H,36,37)/t27-/m0/s1. The highest BCUT2D eigenvalue weighted by atomic mass is 32.2. The molecule has 0 saturated heterocycles. The molecule has 0 bridgehead atoms. The van der Waals surface area contributed by atoms with Gasteiger partial charge in [0, 0.05) is 17.6 Å². The molecule has 2 saturated carbocycles. The van der Waals surface area contributed by atoms with Crippen molar-refractivity contribution in [3.63, 3.8) is 0 Å². The molecule has 224 valence electrons. The third kappa shape index (κ3) is 7.04. The van der Waals surface area contributed by atoms with Crippen LogP contribution in [0.15, 0.2) is 59.5 Å². The van der Waals surface area contributed by atoms with Crippen LogP contribution < -0.4 is 10.0 Å². The number of ether oxygens (including phenoxy) is 1. The van der Waals surface area contributed by atoms with Crippen molar-refractivity contribution in [1.29, 1.82) is 0 Å². The zero-order chi connectivity index (χ0) is 30.1. The van der Waals surface area contributed by atoms with Crippen LogP contribution in [-0.4, -0.2) is 38.6 Å². The number of carbonyl (C=O) groups excluding carboxylic acids is 1. The van der Waals surface area contributed by atoms with Crippen molar-refractivity contribution in [3.05, 3.63) is 76.9 Å². The number of nitrogens with one attached hydrogen (secondary N) is 2. The van der Waals surface area contributed by atoms with Gasteiger partial charge in [-0.25, -0.2) is 18.2 Å². The summed E-state index contributed by atoms with van der Waals surface area (Å²) in [5, 5.41) is 3.94. The molecule has 1 atom stereocenters. The molecule has 2 aliphatic carbocycles. The highest BCUT2D eigenvalue weighted by Crippen LogP contribution is 2.60. The molecule has 0 amide bonds. The van der Waals surface area contributed by atoms with Crippen molar-refractivity contribution >= 4 is 21.8 Å². The summed E-state index contributed by atoms with van der Waals surface area (Å²) in [5.41, 5.74) is 5.77. The molecule has 3 aromatic rings. The van der Waals surface area contributed by atoms with E-state index >= 15 is 0 Å². The molecule has 2 aliphatic rings. The van der Waals surface area contributed by atoms with Gasteiger partial charge in [-0.15, -0.1) is 0 Å². The summed E-state index contributed by atoms with van der Waals surface area (Å²) in [4.78, 5) is 16.8. The third-order valence-electron chi connectivity index (χ3n) is 8.75. The Balaban J connectivity index is 1.42. The number of aryl methyl sites for hydroxylation is 3. The number of hydrogen-bond donors (Lipinski definition) is 2. The minimum absolute atomic E-state index is 0.0265. The fraction of sp³-hybridized carbons (Fsp3) is 0.471. The van der Waals surface area contributed by atoms with Crippen LogP contribution in [0.3, 0.4) is 0 Å². The Morgan fingerprint density at radius 3 is 2.38 bits per heavy atom. The Morgan fingerprint density at radius 2 is 1.74 bits per heavy atom. The van der Waals surface area contributed by atoms with Crippen molar-refractivity contribution in [2.45, 2.75) is 89.6 Å². The first-order valence-corrected chi connectivity index (χ1v) is 16.5. The van der Waals surface area contributed by atoms with Gasteiger partial charge in [0.2, 0.25) is 0 Å². The topological polar surface area (TPSA) is 97.4 Å². The lowest BCUT2D eigenvalue weighted by Gasteiger charge is -2.39. The van der Waals surface area contributed by atoms with Gasteiger partial charge in [-0.05, 0) is 117 Å². The first kappa shape index (κ1) is 30.2. The third-order valence-corrected chi connectivity index (χ3v) is 10.1. The normalized spacial score (nSPS) is 16.7. The van der Waals surface area contributed by atoms with Crippen LogP contribution in [0.1, 0.15) is 79.4 Å². The fourth-order valence-corrected chi connectivity index (χ4v) is 7.47. The Kier molecular flexibility index (Phi) is 8.76. The Bertz CT molecular complexity index is 1530. The summed E-state index contributed by atoms with van der Waals surface area (Å²) in [6, 6.07) is 16.9. The Labute approximate surface area is 250 Å². The van der Waals surface area contributed by atoms with Gasteiger partial charge in [0.05, 0.1) is 23.3 Å². The summed E-state index contributed by atoms with van der Waals surface area (Å²) >= 11 is 0. The van der Waals surface area contributed by atoms with E-state index in [1.165, 1.54) is 57.1 Å². The summed E-state index contributed by atoms with van der Waals surface area (Å²) in [5.74, 6) is 0.253. The molecule has 42 heavy (non-hydrogen) atoms. The van der Waals surface area contributed by atoms with Gasteiger partial charge in [0.1, 0.15) is 5.82 Å². The van der Waals surface area contributed by atoms with E-state index in [0.29, 0.717) is 23.4 Å².